The van der Waals surface area contributed by atoms with Crippen LogP contribution in [0.3, 0.4) is 0 Å². The fourth-order valence-electron chi connectivity index (χ4n) is 1.53. The predicted octanol–water partition coefficient (Wildman–Crippen LogP) is 0.560. The van der Waals surface area contributed by atoms with Crippen molar-refractivity contribution >= 4 is 11.6 Å². The number of nitrogens with two attached hydrogens (primary N) is 1. The van der Waals surface area contributed by atoms with Crippen molar-refractivity contribution in [1.82, 2.24) is 19.7 Å². The van der Waals surface area contributed by atoms with Gasteiger partial charge in [-0.15, -0.1) is 0 Å². The van der Waals surface area contributed by atoms with Crippen molar-refractivity contribution in [3.63, 3.8) is 0 Å². The van der Waals surface area contributed by atoms with Gasteiger partial charge in [0.05, 0.1) is 12.8 Å². The van der Waals surface area contributed by atoms with E-state index in [-0.39, 0.29) is 5.91 Å². The summed E-state index contributed by atoms with van der Waals surface area (Å²) in [7, 11) is 4.84. The minimum atomic E-state index is -0.166. The van der Waals surface area contributed by atoms with Gasteiger partial charge in [-0.2, -0.15) is 10.1 Å². The summed E-state index contributed by atoms with van der Waals surface area (Å²) in [6.07, 6.45) is 1.66. The monoisotopic (exact) mass is 261 g/mol. The number of hydrogen-bond donors (Lipinski definition) is 1. The zero-order valence-corrected chi connectivity index (χ0v) is 11.0. The highest BCUT2D eigenvalue weighted by atomic mass is 16.5. The van der Waals surface area contributed by atoms with E-state index in [1.807, 2.05) is 0 Å². The molecule has 7 heteroatoms. The number of hydrogen-bond acceptors (Lipinski definition) is 5. The molecule has 0 radical (unpaired) electrons. The number of methoxy groups -OCH3 is 1. The van der Waals surface area contributed by atoms with Gasteiger partial charge in [0.2, 0.25) is 5.88 Å². The van der Waals surface area contributed by atoms with Gasteiger partial charge in [0.15, 0.2) is 11.5 Å². The van der Waals surface area contributed by atoms with E-state index < -0.39 is 0 Å². The molecule has 1 amide bonds. The molecule has 2 rings (SSSR count). The van der Waals surface area contributed by atoms with Crippen LogP contribution in [-0.2, 0) is 0 Å². The molecule has 100 valence electrons. The van der Waals surface area contributed by atoms with Gasteiger partial charge >= 0.3 is 0 Å². The molecule has 2 heterocycles. The van der Waals surface area contributed by atoms with Crippen molar-refractivity contribution in [2.45, 2.75) is 0 Å². The molecule has 7 nitrogen and oxygen atoms in total. The maximum Gasteiger partial charge on any atom is 0.273 e. The maximum absolute atomic E-state index is 11.8. The fourth-order valence-corrected chi connectivity index (χ4v) is 1.53. The number of rotatable bonds is 3. The molecule has 0 saturated carbocycles. The fraction of sp³-hybridized carbons (Fsp3) is 0.250. The molecule has 0 aliphatic rings. The molecule has 2 N–H and O–H groups in total. The third kappa shape index (κ3) is 2.49. The number of ether oxygens (including phenoxy) is 1. The summed E-state index contributed by atoms with van der Waals surface area (Å²) in [5.74, 6) is 0.693. The molecule has 2 aromatic heterocycles. The Bertz CT molecular complexity index is 606. The number of amides is 1. The minimum Gasteiger partial charge on any atom is -0.479 e. The lowest BCUT2D eigenvalue weighted by Gasteiger charge is -2.07. The van der Waals surface area contributed by atoms with Crippen LogP contribution < -0.4 is 10.5 Å². The number of anilines is 1. The normalized spacial score (nSPS) is 10.3. The van der Waals surface area contributed by atoms with E-state index in [2.05, 4.69) is 10.1 Å². The number of aromatic nitrogens is 3. The molecule has 0 saturated heterocycles. The zero-order chi connectivity index (χ0) is 14.0. The van der Waals surface area contributed by atoms with Crippen LogP contribution in [-0.4, -0.2) is 46.8 Å². The number of carbonyl (C=O) groups excluding carboxylic acids is 1. The van der Waals surface area contributed by atoms with Crippen LogP contribution in [0.1, 0.15) is 10.5 Å². The van der Waals surface area contributed by atoms with Crippen molar-refractivity contribution in [2.75, 3.05) is 26.9 Å². The highest BCUT2D eigenvalue weighted by Crippen LogP contribution is 2.19. The maximum atomic E-state index is 11.8. The summed E-state index contributed by atoms with van der Waals surface area (Å²) in [6.45, 7) is 0. The molecule has 0 bridgehead atoms. The van der Waals surface area contributed by atoms with Crippen molar-refractivity contribution in [3.8, 4) is 11.7 Å². The van der Waals surface area contributed by atoms with Crippen molar-refractivity contribution in [3.05, 3.63) is 30.1 Å². The third-order valence-electron chi connectivity index (χ3n) is 2.52. The van der Waals surface area contributed by atoms with E-state index in [9.17, 15) is 4.79 Å². The summed E-state index contributed by atoms with van der Waals surface area (Å²) in [5, 5.41) is 4.17. The average molecular weight is 261 g/mol. The van der Waals surface area contributed by atoms with E-state index >= 15 is 0 Å². The number of carbonyl (C=O) groups is 1. The van der Waals surface area contributed by atoms with Crippen LogP contribution >= 0.6 is 0 Å². The second kappa shape index (κ2) is 4.97. The highest BCUT2D eigenvalue weighted by Gasteiger charge is 2.13. The SMILES string of the molecule is COc1nc(-n2ccc(C(=O)N(C)C)n2)ccc1N. The van der Waals surface area contributed by atoms with Crippen LogP contribution in [0.2, 0.25) is 0 Å². The molecular weight excluding hydrogens is 246 g/mol. The largest absolute Gasteiger partial charge is 0.479 e. The summed E-state index contributed by atoms with van der Waals surface area (Å²) in [4.78, 5) is 17.4. The van der Waals surface area contributed by atoms with Crippen molar-refractivity contribution in [2.24, 2.45) is 0 Å². The smallest absolute Gasteiger partial charge is 0.273 e. The Morgan fingerprint density at radius 3 is 2.74 bits per heavy atom. The molecule has 19 heavy (non-hydrogen) atoms. The molecule has 0 aromatic carbocycles. The Hall–Kier alpha value is -2.57. The summed E-state index contributed by atoms with van der Waals surface area (Å²) < 4.78 is 6.55. The molecule has 0 unspecified atom stereocenters. The van der Waals surface area contributed by atoms with Crippen LogP contribution in [0.5, 0.6) is 5.88 Å². The first-order chi connectivity index (χ1) is 9.02. The van der Waals surface area contributed by atoms with Crippen LogP contribution in [0.4, 0.5) is 5.69 Å². The Morgan fingerprint density at radius 2 is 2.11 bits per heavy atom. The van der Waals surface area contributed by atoms with Crippen LogP contribution in [0.25, 0.3) is 5.82 Å². The van der Waals surface area contributed by atoms with Gasteiger partial charge in [-0.25, -0.2) is 4.68 Å². The second-order valence-corrected chi connectivity index (χ2v) is 4.11. The lowest BCUT2D eigenvalue weighted by molar-refractivity contribution is 0.0821. The van der Waals surface area contributed by atoms with Crippen LogP contribution in [0, 0.1) is 0 Å². The van der Waals surface area contributed by atoms with Gasteiger partial charge in [-0.3, -0.25) is 4.79 Å². The molecular formula is C12H15N5O2. The lowest BCUT2D eigenvalue weighted by Crippen LogP contribution is -2.22. The predicted molar refractivity (Wildman–Crippen MR) is 70.3 cm³/mol. The minimum absolute atomic E-state index is 0.166. The Morgan fingerprint density at radius 1 is 1.37 bits per heavy atom. The molecule has 2 aromatic rings. The Balaban J connectivity index is 2.35. The first kappa shape index (κ1) is 12.9. The summed E-state index contributed by atoms with van der Waals surface area (Å²) in [5.41, 5.74) is 6.49. The molecule has 0 atom stereocenters. The Kier molecular flexibility index (Phi) is 3.37. The quantitative estimate of drug-likeness (QED) is 0.872. The van der Waals surface area contributed by atoms with Crippen molar-refractivity contribution < 1.29 is 9.53 Å². The molecule has 0 fully saturated rings. The van der Waals surface area contributed by atoms with Gasteiger partial charge in [0, 0.05) is 20.3 Å². The van der Waals surface area contributed by atoms with E-state index in [1.54, 1.807) is 38.5 Å². The number of nitrogen functional groups attached to an aromatic ring is 1. The van der Waals surface area contributed by atoms with Gasteiger partial charge in [-0.1, -0.05) is 0 Å². The summed E-state index contributed by atoms with van der Waals surface area (Å²) >= 11 is 0. The second-order valence-electron chi connectivity index (χ2n) is 4.11. The highest BCUT2D eigenvalue weighted by molar-refractivity contribution is 5.91. The van der Waals surface area contributed by atoms with E-state index in [4.69, 9.17) is 10.5 Å². The number of pyridine rings is 1. The van der Waals surface area contributed by atoms with Gasteiger partial charge in [0.25, 0.3) is 5.91 Å². The molecule has 0 spiro atoms. The first-order valence-electron chi connectivity index (χ1n) is 5.61. The van der Waals surface area contributed by atoms with Crippen LogP contribution in [0.15, 0.2) is 24.4 Å². The molecule has 0 aliphatic heterocycles. The lowest BCUT2D eigenvalue weighted by atomic mass is 10.4. The van der Waals surface area contributed by atoms with Gasteiger partial charge in [0.1, 0.15) is 0 Å². The average Bonchev–Trinajstić information content (AvgIpc) is 2.87. The zero-order valence-electron chi connectivity index (χ0n) is 11.0. The van der Waals surface area contributed by atoms with E-state index in [0.29, 0.717) is 23.1 Å². The van der Waals surface area contributed by atoms with E-state index in [1.165, 1.54) is 16.7 Å². The summed E-state index contributed by atoms with van der Waals surface area (Å²) in [6, 6.07) is 5.01. The first-order valence-corrected chi connectivity index (χ1v) is 5.61. The third-order valence-corrected chi connectivity index (χ3v) is 2.52. The van der Waals surface area contributed by atoms with Gasteiger partial charge < -0.3 is 15.4 Å². The van der Waals surface area contributed by atoms with E-state index in [0.717, 1.165) is 0 Å². The number of nitrogens with zero attached hydrogens (tertiary/aromatic N) is 4. The van der Waals surface area contributed by atoms with Crippen molar-refractivity contribution in [1.29, 1.82) is 0 Å². The Labute approximate surface area is 110 Å². The standard InChI is InChI=1S/C12H15N5O2/c1-16(2)12(18)9-6-7-17(15-9)10-5-4-8(13)11(14-10)19-3/h4-7H,13H2,1-3H3. The topological polar surface area (TPSA) is 86.3 Å². The molecule has 0 aliphatic carbocycles. The van der Waals surface area contributed by atoms with Gasteiger partial charge in [-0.05, 0) is 18.2 Å².